The molecule has 5 nitrogen and oxygen atoms in total. The Morgan fingerprint density at radius 2 is 1.78 bits per heavy atom. The first-order chi connectivity index (χ1) is 12.8. The molecule has 0 aliphatic carbocycles. The van der Waals surface area contributed by atoms with Crippen molar-refractivity contribution in [2.24, 2.45) is 0 Å². The van der Waals surface area contributed by atoms with E-state index in [0.717, 1.165) is 11.1 Å². The van der Waals surface area contributed by atoms with Crippen LogP contribution in [0.2, 0.25) is 0 Å². The Morgan fingerprint density at radius 3 is 2.37 bits per heavy atom. The molecule has 1 N–H and O–H groups in total. The third-order valence-corrected chi connectivity index (χ3v) is 4.69. The van der Waals surface area contributed by atoms with Gasteiger partial charge in [-0.1, -0.05) is 12.1 Å². The van der Waals surface area contributed by atoms with E-state index in [0.29, 0.717) is 11.5 Å². The highest BCUT2D eigenvalue weighted by Gasteiger charge is 2.19. The average molecular weight is 374 g/mol. The molecular weight excluding hydrogens is 347 g/mol. The standard InChI is InChI=1S/C21H27FN2O3/c1-14(19-12-18(26-4)10-11-20(19)27-5)23-21(25)13-24(3)15(2)16-6-8-17(22)9-7-16/h6-12,14-15H,13H2,1-5H3,(H,23,25). The second kappa shape index (κ2) is 9.37. The SMILES string of the molecule is COc1ccc(OC)c(C(C)NC(=O)CN(C)C(C)c2ccc(F)cc2)c1. The number of amides is 1. The molecule has 1 amide bonds. The molecule has 0 heterocycles. The van der Waals surface area contributed by atoms with Crippen molar-refractivity contribution in [1.82, 2.24) is 10.2 Å². The fourth-order valence-electron chi connectivity index (χ4n) is 2.90. The number of carbonyl (C=O) groups is 1. The van der Waals surface area contributed by atoms with Gasteiger partial charge in [0.1, 0.15) is 17.3 Å². The van der Waals surface area contributed by atoms with Gasteiger partial charge in [-0.15, -0.1) is 0 Å². The zero-order valence-electron chi connectivity index (χ0n) is 16.5. The van der Waals surface area contributed by atoms with Crippen molar-refractivity contribution in [1.29, 1.82) is 0 Å². The number of methoxy groups -OCH3 is 2. The van der Waals surface area contributed by atoms with Crippen molar-refractivity contribution < 1.29 is 18.7 Å². The minimum Gasteiger partial charge on any atom is -0.497 e. The summed E-state index contributed by atoms with van der Waals surface area (Å²) in [6.45, 7) is 4.10. The first-order valence-electron chi connectivity index (χ1n) is 8.82. The summed E-state index contributed by atoms with van der Waals surface area (Å²) in [6.07, 6.45) is 0. The zero-order valence-corrected chi connectivity index (χ0v) is 16.5. The molecule has 2 aromatic rings. The summed E-state index contributed by atoms with van der Waals surface area (Å²) in [5.74, 6) is 1.02. The highest BCUT2D eigenvalue weighted by Crippen LogP contribution is 2.29. The lowest BCUT2D eigenvalue weighted by atomic mass is 10.1. The molecule has 146 valence electrons. The second-order valence-corrected chi connectivity index (χ2v) is 6.54. The summed E-state index contributed by atoms with van der Waals surface area (Å²) < 4.78 is 23.7. The molecule has 0 saturated carbocycles. The van der Waals surface area contributed by atoms with Crippen molar-refractivity contribution in [3.63, 3.8) is 0 Å². The van der Waals surface area contributed by atoms with Crippen molar-refractivity contribution >= 4 is 5.91 Å². The maximum atomic E-state index is 13.1. The van der Waals surface area contributed by atoms with E-state index in [1.165, 1.54) is 12.1 Å². The Labute approximate surface area is 160 Å². The third kappa shape index (κ3) is 5.44. The lowest BCUT2D eigenvalue weighted by Crippen LogP contribution is -2.37. The van der Waals surface area contributed by atoms with Crippen LogP contribution in [0.3, 0.4) is 0 Å². The lowest BCUT2D eigenvalue weighted by Gasteiger charge is -2.26. The van der Waals surface area contributed by atoms with Gasteiger partial charge in [0, 0.05) is 11.6 Å². The number of hydrogen-bond donors (Lipinski definition) is 1. The number of rotatable bonds is 8. The highest BCUT2D eigenvalue weighted by atomic mass is 19.1. The molecule has 27 heavy (non-hydrogen) atoms. The van der Waals surface area contributed by atoms with Crippen LogP contribution in [0.5, 0.6) is 11.5 Å². The number of nitrogens with one attached hydrogen (secondary N) is 1. The summed E-state index contributed by atoms with van der Waals surface area (Å²) in [5, 5.41) is 2.99. The van der Waals surface area contributed by atoms with E-state index in [-0.39, 0.29) is 30.4 Å². The van der Waals surface area contributed by atoms with Gasteiger partial charge in [-0.25, -0.2) is 4.39 Å². The predicted molar refractivity (Wildman–Crippen MR) is 104 cm³/mol. The molecule has 0 aliphatic heterocycles. The van der Waals surface area contributed by atoms with Gasteiger partial charge in [-0.3, -0.25) is 9.69 Å². The van der Waals surface area contributed by atoms with E-state index >= 15 is 0 Å². The number of carbonyl (C=O) groups excluding carboxylic acids is 1. The molecule has 2 rings (SSSR count). The Bertz CT molecular complexity index is 765. The van der Waals surface area contributed by atoms with E-state index in [1.54, 1.807) is 26.4 Å². The van der Waals surface area contributed by atoms with Crippen molar-refractivity contribution in [3.05, 3.63) is 59.4 Å². The van der Waals surface area contributed by atoms with Crippen LogP contribution in [0, 0.1) is 5.82 Å². The summed E-state index contributed by atoms with van der Waals surface area (Å²) in [4.78, 5) is 14.4. The van der Waals surface area contributed by atoms with Gasteiger partial charge in [0.25, 0.3) is 0 Å². The number of benzene rings is 2. The number of likely N-dealkylation sites (N-methyl/N-ethyl adjacent to an activating group) is 1. The average Bonchev–Trinajstić information content (AvgIpc) is 2.67. The summed E-state index contributed by atoms with van der Waals surface area (Å²) >= 11 is 0. The largest absolute Gasteiger partial charge is 0.497 e. The van der Waals surface area contributed by atoms with Gasteiger partial charge in [0.15, 0.2) is 0 Å². The molecule has 0 bridgehead atoms. The van der Waals surface area contributed by atoms with Crippen LogP contribution < -0.4 is 14.8 Å². The molecule has 0 saturated heterocycles. The second-order valence-electron chi connectivity index (χ2n) is 6.54. The fourth-order valence-corrected chi connectivity index (χ4v) is 2.90. The van der Waals surface area contributed by atoms with Gasteiger partial charge < -0.3 is 14.8 Å². The lowest BCUT2D eigenvalue weighted by molar-refractivity contribution is -0.123. The number of ether oxygens (including phenoxy) is 2. The van der Waals surface area contributed by atoms with E-state index in [1.807, 2.05) is 44.0 Å². The first-order valence-corrected chi connectivity index (χ1v) is 8.82. The molecule has 0 spiro atoms. The predicted octanol–water partition coefficient (Wildman–Crippen LogP) is 3.71. The van der Waals surface area contributed by atoms with Crippen molar-refractivity contribution in [2.45, 2.75) is 25.9 Å². The normalized spacial score (nSPS) is 13.1. The Balaban J connectivity index is 2.01. The Kier molecular flexibility index (Phi) is 7.19. The van der Waals surface area contributed by atoms with Gasteiger partial charge in [0.05, 0.1) is 26.8 Å². The van der Waals surface area contributed by atoms with E-state index in [4.69, 9.17) is 9.47 Å². The summed E-state index contributed by atoms with van der Waals surface area (Å²) in [7, 11) is 5.06. The van der Waals surface area contributed by atoms with Crippen LogP contribution in [-0.4, -0.2) is 38.6 Å². The molecule has 6 heteroatoms. The molecule has 2 aromatic carbocycles. The monoisotopic (exact) mass is 374 g/mol. The molecule has 0 radical (unpaired) electrons. The maximum Gasteiger partial charge on any atom is 0.234 e. The molecule has 2 atom stereocenters. The van der Waals surface area contributed by atoms with Gasteiger partial charge in [-0.05, 0) is 56.8 Å². The maximum absolute atomic E-state index is 13.1. The first kappa shape index (κ1) is 20.7. The topological polar surface area (TPSA) is 50.8 Å². The van der Waals surface area contributed by atoms with E-state index < -0.39 is 0 Å². The van der Waals surface area contributed by atoms with Crippen LogP contribution in [0.1, 0.15) is 37.1 Å². The molecule has 2 unspecified atom stereocenters. The smallest absolute Gasteiger partial charge is 0.234 e. The van der Waals surface area contributed by atoms with Gasteiger partial charge in [0.2, 0.25) is 5.91 Å². The van der Waals surface area contributed by atoms with E-state index in [9.17, 15) is 9.18 Å². The minimum atomic E-state index is -0.271. The molecular formula is C21H27FN2O3. The van der Waals surface area contributed by atoms with Gasteiger partial charge in [-0.2, -0.15) is 0 Å². The number of halogens is 1. The summed E-state index contributed by atoms with van der Waals surface area (Å²) in [6, 6.07) is 11.6. The third-order valence-electron chi connectivity index (χ3n) is 4.69. The summed E-state index contributed by atoms with van der Waals surface area (Å²) in [5.41, 5.74) is 1.80. The number of hydrogen-bond acceptors (Lipinski definition) is 4. The van der Waals surface area contributed by atoms with Crippen LogP contribution in [0.25, 0.3) is 0 Å². The molecule has 0 aliphatic rings. The quantitative estimate of drug-likeness (QED) is 0.765. The van der Waals surface area contributed by atoms with Crippen LogP contribution >= 0.6 is 0 Å². The molecule has 0 aromatic heterocycles. The van der Waals surface area contributed by atoms with Gasteiger partial charge >= 0.3 is 0 Å². The Hall–Kier alpha value is -2.60. The van der Waals surface area contributed by atoms with Crippen LogP contribution in [-0.2, 0) is 4.79 Å². The Morgan fingerprint density at radius 1 is 1.11 bits per heavy atom. The van der Waals surface area contributed by atoms with Crippen molar-refractivity contribution in [3.8, 4) is 11.5 Å². The highest BCUT2D eigenvalue weighted by molar-refractivity contribution is 5.78. The van der Waals surface area contributed by atoms with Crippen molar-refractivity contribution in [2.75, 3.05) is 27.8 Å². The van der Waals surface area contributed by atoms with Crippen LogP contribution in [0.4, 0.5) is 4.39 Å². The van der Waals surface area contributed by atoms with Crippen LogP contribution in [0.15, 0.2) is 42.5 Å². The zero-order chi connectivity index (χ0) is 20.0. The number of nitrogens with zero attached hydrogens (tertiary/aromatic N) is 1. The molecule has 0 fully saturated rings. The fraction of sp³-hybridized carbons (Fsp3) is 0.381. The van der Waals surface area contributed by atoms with E-state index in [2.05, 4.69) is 5.32 Å². The minimum absolute atomic E-state index is 0.0157.